The lowest BCUT2D eigenvalue weighted by Gasteiger charge is -2.39. The molecule has 0 bridgehead atoms. The molecule has 0 saturated carbocycles. The van der Waals surface area contributed by atoms with Crippen molar-refractivity contribution in [3.8, 4) is 0 Å². The second kappa shape index (κ2) is 6.73. The summed E-state index contributed by atoms with van der Waals surface area (Å²) in [4.78, 5) is 17.1. The van der Waals surface area contributed by atoms with Crippen molar-refractivity contribution in [2.24, 2.45) is 0 Å². The van der Waals surface area contributed by atoms with Gasteiger partial charge >= 0.3 is 5.63 Å². The highest BCUT2D eigenvalue weighted by Gasteiger charge is 2.29. The maximum absolute atomic E-state index is 12.9. The quantitative estimate of drug-likeness (QED) is 0.421. The topological polar surface area (TPSA) is 36.7 Å². The highest BCUT2D eigenvalue weighted by molar-refractivity contribution is 6.30. The van der Waals surface area contributed by atoms with Crippen molar-refractivity contribution in [3.63, 3.8) is 0 Å². The summed E-state index contributed by atoms with van der Waals surface area (Å²) in [6.45, 7) is 1.09. The molecule has 0 radical (unpaired) electrons. The number of rotatable bonds is 2. The number of anilines is 3. The molecule has 0 fully saturated rings. The monoisotopic (exact) mass is 388 g/mol. The third kappa shape index (κ3) is 2.83. The maximum atomic E-state index is 12.9. The van der Waals surface area contributed by atoms with Crippen LogP contribution in [0.4, 0.5) is 17.1 Å². The van der Waals surface area contributed by atoms with Crippen LogP contribution in [0.25, 0.3) is 11.0 Å². The minimum absolute atomic E-state index is 0.304. The molecule has 0 spiro atoms. The van der Waals surface area contributed by atoms with Crippen LogP contribution in [0, 0.1) is 0 Å². The van der Waals surface area contributed by atoms with E-state index in [2.05, 4.69) is 9.80 Å². The predicted octanol–water partition coefficient (Wildman–Crippen LogP) is 5.56. The zero-order valence-corrected chi connectivity index (χ0v) is 15.8. The van der Waals surface area contributed by atoms with Crippen molar-refractivity contribution in [3.05, 3.63) is 99.9 Å². The van der Waals surface area contributed by atoms with E-state index in [4.69, 9.17) is 16.0 Å². The van der Waals surface area contributed by atoms with Gasteiger partial charge in [0.2, 0.25) is 0 Å². The molecule has 2 heterocycles. The summed E-state index contributed by atoms with van der Waals surface area (Å²) in [5.74, 6) is 0. The summed E-state index contributed by atoms with van der Waals surface area (Å²) in [6, 6.07) is 25.4. The fourth-order valence-electron chi connectivity index (χ4n) is 3.77. The Hall–Kier alpha value is -3.24. The molecule has 0 saturated heterocycles. The van der Waals surface area contributed by atoms with E-state index in [1.807, 2.05) is 78.9 Å². The molecule has 0 aliphatic carbocycles. The maximum Gasteiger partial charge on any atom is 0.343 e. The van der Waals surface area contributed by atoms with Crippen LogP contribution in [0.5, 0.6) is 0 Å². The molecule has 1 aliphatic rings. The lowest BCUT2D eigenvalue weighted by atomic mass is 10.1. The predicted molar refractivity (Wildman–Crippen MR) is 114 cm³/mol. The zero-order chi connectivity index (χ0) is 19.1. The Balaban J connectivity index is 1.76. The molecule has 4 aromatic rings. The number of hydrogen-bond acceptors (Lipinski definition) is 4. The van der Waals surface area contributed by atoms with E-state index in [0.29, 0.717) is 29.4 Å². The van der Waals surface area contributed by atoms with Crippen LogP contribution in [0.15, 0.2) is 88.1 Å². The van der Waals surface area contributed by atoms with E-state index < -0.39 is 0 Å². The van der Waals surface area contributed by atoms with Gasteiger partial charge in [0.25, 0.3) is 0 Å². The molecule has 138 valence electrons. The summed E-state index contributed by atoms with van der Waals surface area (Å²) in [7, 11) is 0. The fraction of sp³-hybridized carbons (Fsp3) is 0.0870. The Morgan fingerprint density at radius 1 is 0.857 bits per heavy atom. The van der Waals surface area contributed by atoms with Gasteiger partial charge in [-0.15, -0.1) is 0 Å². The van der Waals surface area contributed by atoms with Crippen molar-refractivity contribution in [1.82, 2.24) is 0 Å². The van der Waals surface area contributed by atoms with E-state index >= 15 is 0 Å². The van der Waals surface area contributed by atoms with Gasteiger partial charge in [0.1, 0.15) is 5.58 Å². The smallest absolute Gasteiger partial charge is 0.343 e. The third-order valence-corrected chi connectivity index (χ3v) is 5.28. The Morgan fingerprint density at radius 2 is 1.61 bits per heavy atom. The van der Waals surface area contributed by atoms with Crippen LogP contribution < -0.4 is 15.4 Å². The molecule has 1 aliphatic heterocycles. The molecule has 4 nitrogen and oxygen atoms in total. The molecule has 5 heteroatoms. The minimum atomic E-state index is -0.304. The fourth-order valence-corrected chi connectivity index (χ4v) is 3.95. The Labute approximate surface area is 167 Å². The normalized spacial score (nSPS) is 13.6. The van der Waals surface area contributed by atoms with Gasteiger partial charge in [-0.05, 0) is 42.5 Å². The van der Waals surface area contributed by atoms with Crippen LogP contribution in [0.3, 0.4) is 0 Å². The SMILES string of the molecule is O=c1oc2ccccc2c2c1CN(c1ccccc1)CN2c1cccc(Cl)c1. The highest BCUT2D eigenvalue weighted by atomic mass is 35.5. The molecule has 1 aromatic heterocycles. The van der Waals surface area contributed by atoms with Crippen molar-refractivity contribution < 1.29 is 4.42 Å². The van der Waals surface area contributed by atoms with Gasteiger partial charge in [-0.1, -0.05) is 48.0 Å². The van der Waals surface area contributed by atoms with E-state index in [0.717, 1.165) is 22.4 Å². The lowest BCUT2D eigenvalue weighted by Crippen LogP contribution is -2.42. The average molecular weight is 389 g/mol. The number of hydrogen-bond donors (Lipinski definition) is 0. The van der Waals surface area contributed by atoms with Gasteiger partial charge in [0.05, 0.1) is 24.5 Å². The van der Waals surface area contributed by atoms with E-state index in [1.165, 1.54) is 0 Å². The van der Waals surface area contributed by atoms with E-state index in [1.54, 1.807) is 0 Å². The first-order valence-corrected chi connectivity index (χ1v) is 9.46. The summed E-state index contributed by atoms with van der Waals surface area (Å²) >= 11 is 6.27. The Kier molecular flexibility index (Phi) is 4.06. The summed E-state index contributed by atoms with van der Waals surface area (Å²) in [5.41, 5.74) is 3.81. The Bertz CT molecular complexity index is 1220. The minimum Gasteiger partial charge on any atom is -0.422 e. The third-order valence-electron chi connectivity index (χ3n) is 5.05. The number of halogens is 1. The van der Waals surface area contributed by atoms with E-state index in [9.17, 15) is 4.79 Å². The number of nitrogens with zero attached hydrogens (tertiary/aromatic N) is 2. The molecule has 0 unspecified atom stereocenters. The lowest BCUT2D eigenvalue weighted by molar-refractivity contribution is 0.543. The molecule has 3 aromatic carbocycles. The first kappa shape index (κ1) is 16.9. The number of fused-ring (bicyclic) bond motifs is 3. The van der Waals surface area contributed by atoms with Gasteiger partial charge < -0.3 is 14.2 Å². The van der Waals surface area contributed by atoms with Gasteiger partial charge in [-0.2, -0.15) is 0 Å². The van der Waals surface area contributed by atoms with Crippen molar-refractivity contribution >= 4 is 39.6 Å². The summed E-state index contributed by atoms with van der Waals surface area (Å²) < 4.78 is 5.62. The molecule has 28 heavy (non-hydrogen) atoms. The second-order valence-corrected chi connectivity index (χ2v) is 7.23. The summed E-state index contributed by atoms with van der Waals surface area (Å²) in [6.07, 6.45) is 0. The van der Waals surface area contributed by atoms with Crippen LogP contribution in [0.1, 0.15) is 5.56 Å². The van der Waals surface area contributed by atoms with Crippen LogP contribution in [-0.2, 0) is 6.54 Å². The van der Waals surface area contributed by atoms with Gasteiger partial charge in [-0.25, -0.2) is 4.79 Å². The van der Waals surface area contributed by atoms with Crippen LogP contribution in [-0.4, -0.2) is 6.67 Å². The van der Waals surface area contributed by atoms with Gasteiger partial charge in [-0.3, -0.25) is 0 Å². The standard InChI is InChI=1S/C23H17ClN2O2/c24-16-7-6-10-18(13-16)26-15-25(17-8-2-1-3-9-17)14-20-22(26)19-11-4-5-12-21(19)28-23(20)27/h1-13H,14-15H2. The van der Waals surface area contributed by atoms with Crippen LogP contribution >= 0.6 is 11.6 Å². The highest BCUT2D eigenvalue weighted by Crippen LogP contribution is 2.39. The molecular formula is C23H17ClN2O2. The van der Waals surface area contributed by atoms with Crippen molar-refractivity contribution in [2.45, 2.75) is 6.54 Å². The van der Waals surface area contributed by atoms with Crippen molar-refractivity contribution in [1.29, 1.82) is 0 Å². The van der Waals surface area contributed by atoms with Crippen molar-refractivity contribution in [2.75, 3.05) is 16.5 Å². The van der Waals surface area contributed by atoms with Gasteiger partial charge in [0.15, 0.2) is 0 Å². The second-order valence-electron chi connectivity index (χ2n) is 6.80. The molecule has 0 N–H and O–H groups in total. The largest absolute Gasteiger partial charge is 0.422 e. The first-order chi connectivity index (χ1) is 13.7. The van der Waals surface area contributed by atoms with Crippen LogP contribution in [0.2, 0.25) is 5.02 Å². The molecule has 0 atom stereocenters. The first-order valence-electron chi connectivity index (χ1n) is 9.08. The Morgan fingerprint density at radius 3 is 2.43 bits per heavy atom. The summed E-state index contributed by atoms with van der Waals surface area (Å²) in [5, 5.41) is 1.58. The molecule has 0 amide bonds. The molecular weight excluding hydrogens is 372 g/mol. The number of benzene rings is 3. The number of para-hydroxylation sites is 2. The average Bonchev–Trinajstić information content (AvgIpc) is 2.74. The zero-order valence-electron chi connectivity index (χ0n) is 15.0. The molecule has 5 rings (SSSR count). The van der Waals surface area contributed by atoms with E-state index in [-0.39, 0.29) is 5.63 Å². The van der Waals surface area contributed by atoms with Gasteiger partial charge in [0, 0.05) is 21.8 Å².